The molecule has 0 saturated carbocycles. The highest BCUT2D eigenvalue weighted by Crippen LogP contribution is 2.22. The van der Waals surface area contributed by atoms with Crippen molar-refractivity contribution < 1.29 is 29.0 Å². The Bertz CT molecular complexity index is 690. The zero-order valence-electron chi connectivity index (χ0n) is 14.7. The van der Waals surface area contributed by atoms with Crippen LogP contribution in [0, 0.1) is 0 Å². The van der Waals surface area contributed by atoms with Crippen molar-refractivity contribution in [2.45, 2.75) is 31.5 Å². The zero-order valence-corrected chi connectivity index (χ0v) is 14.7. The number of nitrogens with one attached hydrogen (secondary N) is 1. The smallest absolute Gasteiger partial charge is 0.410 e. The van der Waals surface area contributed by atoms with E-state index in [1.54, 1.807) is 43.3 Å². The van der Waals surface area contributed by atoms with Crippen LogP contribution in [-0.4, -0.2) is 53.4 Å². The van der Waals surface area contributed by atoms with Gasteiger partial charge in [-0.1, -0.05) is 42.5 Å². The van der Waals surface area contributed by atoms with Gasteiger partial charge >= 0.3 is 18.2 Å². The van der Waals surface area contributed by atoms with Crippen LogP contribution in [0.1, 0.15) is 18.9 Å². The molecular weight excluding hydrogens is 340 g/mol. The monoisotopic (exact) mass is 362 g/mol. The fourth-order valence-electron chi connectivity index (χ4n) is 2.67. The molecule has 0 aromatic heterocycles. The van der Waals surface area contributed by atoms with Gasteiger partial charge in [0.1, 0.15) is 6.61 Å². The largest absolute Gasteiger partial charge is 0.479 e. The molecule has 1 aromatic carbocycles. The normalized spacial score (nSPS) is 22.2. The number of aliphatic carboxylic acids is 1. The van der Waals surface area contributed by atoms with E-state index < -0.39 is 23.7 Å². The maximum absolute atomic E-state index is 12.2. The van der Waals surface area contributed by atoms with Gasteiger partial charge in [0.05, 0.1) is 19.7 Å². The van der Waals surface area contributed by atoms with Gasteiger partial charge in [0.15, 0.2) is 5.54 Å². The van der Waals surface area contributed by atoms with Crippen molar-refractivity contribution in [2.24, 2.45) is 0 Å². The third-order valence-electron chi connectivity index (χ3n) is 4.19. The van der Waals surface area contributed by atoms with Crippen LogP contribution in [0.15, 0.2) is 42.5 Å². The van der Waals surface area contributed by atoms with Crippen molar-refractivity contribution in [3.63, 3.8) is 0 Å². The molecule has 2 amide bonds. The van der Waals surface area contributed by atoms with Crippen LogP contribution in [-0.2, 0) is 20.9 Å². The van der Waals surface area contributed by atoms with Crippen molar-refractivity contribution in [1.29, 1.82) is 0 Å². The van der Waals surface area contributed by atoms with Gasteiger partial charge in [0.25, 0.3) is 0 Å². The summed E-state index contributed by atoms with van der Waals surface area (Å²) in [5, 5.41) is 12.1. The number of hydrogen-bond acceptors (Lipinski definition) is 5. The number of methoxy groups -OCH3 is 1. The summed E-state index contributed by atoms with van der Waals surface area (Å²) in [4.78, 5) is 37.3. The molecule has 0 saturated heterocycles. The van der Waals surface area contributed by atoms with Crippen molar-refractivity contribution in [3.05, 3.63) is 48.0 Å². The fraction of sp³-hybridized carbons (Fsp3) is 0.389. The Morgan fingerprint density at radius 3 is 2.62 bits per heavy atom. The number of hydrogen-bond donors (Lipinski definition) is 2. The Balaban J connectivity index is 2.12. The molecule has 2 rings (SSSR count). The molecule has 8 heteroatoms. The highest BCUT2D eigenvalue weighted by atomic mass is 16.6. The van der Waals surface area contributed by atoms with Crippen molar-refractivity contribution >= 4 is 18.2 Å². The molecule has 1 aromatic rings. The topological polar surface area (TPSA) is 105 Å². The number of nitrogens with zero attached hydrogens (tertiary/aromatic N) is 1. The van der Waals surface area contributed by atoms with Crippen molar-refractivity contribution in [3.8, 4) is 0 Å². The SMILES string of the molecule is COC(=O)N1C[C@](NC(=O)OCc2ccccc2)(C(=O)O)CC=C[C@@H]1C. The fourth-order valence-corrected chi connectivity index (χ4v) is 2.67. The Kier molecular flexibility index (Phi) is 6.21. The lowest BCUT2D eigenvalue weighted by Gasteiger charge is -2.34. The van der Waals surface area contributed by atoms with Crippen LogP contribution in [0.25, 0.3) is 0 Å². The van der Waals surface area contributed by atoms with Crippen LogP contribution < -0.4 is 5.32 Å². The third-order valence-corrected chi connectivity index (χ3v) is 4.19. The van der Waals surface area contributed by atoms with Gasteiger partial charge in [-0.15, -0.1) is 0 Å². The number of benzene rings is 1. The summed E-state index contributed by atoms with van der Waals surface area (Å²) in [6, 6.07) is 8.65. The van der Waals surface area contributed by atoms with Gasteiger partial charge in [-0.2, -0.15) is 0 Å². The zero-order chi connectivity index (χ0) is 19.2. The lowest BCUT2D eigenvalue weighted by molar-refractivity contribution is -0.145. The van der Waals surface area contributed by atoms with Gasteiger partial charge in [-0.3, -0.25) is 4.90 Å². The first-order chi connectivity index (χ1) is 12.4. The second-order valence-electron chi connectivity index (χ2n) is 6.04. The minimum absolute atomic E-state index is 0.00926. The molecule has 0 radical (unpaired) electrons. The van der Waals surface area contributed by atoms with Crippen LogP contribution in [0.5, 0.6) is 0 Å². The second-order valence-corrected chi connectivity index (χ2v) is 6.04. The number of carboxylic acid groups (broad SMARTS) is 1. The lowest BCUT2D eigenvalue weighted by Crippen LogP contribution is -2.61. The van der Waals surface area contributed by atoms with Crippen LogP contribution in [0.2, 0.25) is 0 Å². The Hall–Kier alpha value is -3.03. The van der Waals surface area contributed by atoms with Crippen LogP contribution in [0.4, 0.5) is 9.59 Å². The minimum atomic E-state index is -1.71. The van der Waals surface area contributed by atoms with E-state index in [1.165, 1.54) is 12.0 Å². The van der Waals surface area contributed by atoms with Crippen LogP contribution >= 0.6 is 0 Å². The van der Waals surface area contributed by atoms with E-state index in [1.807, 2.05) is 6.07 Å². The first-order valence-electron chi connectivity index (χ1n) is 8.11. The molecule has 2 atom stereocenters. The second kappa shape index (κ2) is 8.37. The molecule has 0 fully saturated rings. The first-order valence-corrected chi connectivity index (χ1v) is 8.11. The molecule has 0 spiro atoms. The number of carbonyl (C=O) groups excluding carboxylic acids is 2. The molecule has 1 aliphatic rings. The highest BCUT2D eigenvalue weighted by molar-refractivity contribution is 5.86. The number of amides is 2. The van der Waals surface area contributed by atoms with Gasteiger partial charge in [-0.05, 0) is 12.5 Å². The summed E-state index contributed by atoms with van der Waals surface area (Å²) >= 11 is 0. The van der Waals surface area contributed by atoms with E-state index in [4.69, 9.17) is 9.47 Å². The Morgan fingerprint density at radius 2 is 2.00 bits per heavy atom. The Labute approximate surface area is 151 Å². The average Bonchev–Trinajstić information content (AvgIpc) is 2.80. The van der Waals surface area contributed by atoms with Gasteiger partial charge in [-0.25, -0.2) is 14.4 Å². The molecule has 26 heavy (non-hydrogen) atoms. The summed E-state index contributed by atoms with van der Waals surface area (Å²) in [7, 11) is 1.22. The standard InChI is InChI=1S/C18H22N2O6/c1-13-7-6-10-18(15(21)22,12-20(13)17(24)25-2)19-16(23)26-11-14-8-4-3-5-9-14/h3-9,13H,10-12H2,1-2H3,(H,19,23)(H,21,22)/t13-,18-/m0/s1. The predicted molar refractivity (Wildman–Crippen MR) is 92.5 cm³/mol. The predicted octanol–water partition coefficient (Wildman–Crippen LogP) is 2.15. The average molecular weight is 362 g/mol. The summed E-state index contributed by atoms with van der Waals surface area (Å²) in [6.07, 6.45) is 1.79. The first kappa shape index (κ1) is 19.3. The molecule has 2 N–H and O–H groups in total. The number of alkyl carbamates (subject to hydrolysis) is 1. The lowest BCUT2D eigenvalue weighted by atomic mass is 9.95. The van der Waals surface area contributed by atoms with Crippen molar-refractivity contribution in [1.82, 2.24) is 10.2 Å². The summed E-state index contributed by atoms with van der Waals surface area (Å²) in [6.45, 7) is 1.50. The molecule has 140 valence electrons. The summed E-state index contributed by atoms with van der Waals surface area (Å²) < 4.78 is 9.84. The number of carbonyl (C=O) groups is 3. The van der Waals surface area contributed by atoms with Gasteiger partial charge < -0.3 is 19.9 Å². The molecule has 8 nitrogen and oxygen atoms in total. The van der Waals surface area contributed by atoms with Gasteiger partial charge in [0, 0.05) is 6.42 Å². The number of ether oxygens (including phenoxy) is 2. The molecule has 1 heterocycles. The highest BCUT2D eigenvalue weighted by Gasteiger charge is 2.44. The molecule has 1 aliphatic heterocycles. The molecule has 0 bridgehead atoms. The maximum Gasteiger partial charge on any atom is 0.410 e. The van der Waals surface area contributed by atoms with Crippen LogP contribution in [0.3, 0.4) is 0 Å². The summed E-state index contributed by atoms with van der Waals surface area (Å²) in [5.74, 6) is -1.26. The van der Waals surface area contributed by atoms with E-state index in [2.05, 4.69) is 5.32 Å². The van der Waals surface area contributed by atoms with E-state index >= 15 is 0 Å². The van der Waals surface area contributed by atoms with Crippen molar-refractivity contribution in [2.75, 3.05) is 13.7 Å². The summed E-state index contributed by atoms with van der Waals surface area (Å²) in [5.41, 5.74) is -0.930. The molecular formula is C18H22N2O6. The number of rotatable bonds is 4. The molecule has 0 aliphatic carbocycles. The number of carboxylic acids is 1. The molecule has 0 unspecified atom stereocenters. The van der Waals surface area contributed by atoms with E-state index in [-0.39, 0.29) is 25.6 Å². The quantitative estimate of drug-likeness (QED) is 0.795. The third kappa shape index (κ3) is 4.53. The van der Waals surface area contributed by atoms with Gasteiger partial charge in [0.2, 0.25) is 0 Å². The Morgan fingerprint density at radius 1 is 1.31 bits per heavy atom. The van der Waals surface area contributed by atoms with E-state index in [0.717, 1.165) is 5.56 Å². The maximum atomic E-state index is 12.2. The van der Waals surface area contributed by atoms with E-state index in [0.29, 0.717) is 0 Å². The van der Waals surface area contributed by atoms with E-state index in [9.17, 15) is 19.5 Å². The minimum Gasteiger partial charge on any atom is -0.479 e.